The zero-order valence-corrected chi connectivity index (χ0v) is 17.6. The molecule has 1 fully saturated rings. The van der Waals surface area contributed by atoms with E-state index in [9.17, 15) is 19.2 Å². The zero-order chi connectivity index (χ0) is 22.0. The normalized spacial score (nSPS) is 18.9. The molecule has 0 aromatic heterocycles. The number of hydrogen-bond acceptors (Lipinski definition) is 7. The molecular formula is C22H20N2O6S. The number of benzene rings is 2. The molecule has 31 heavy (non-hydrogen) atoms. The van der Waals surface area contributed by atoms with Crippen molar-refractivity contribution in [3.8, 4) is 0 Å². The van der Waals surface area contributed by atoms with Crippen LogP contribution in [0.3, 0.4) is 0 Å². The second kappa shape index (κ2) is 8.43. The number of carbonyl (C=O) groups is 4. The van der Waals surface area contributed by atoms with Crippen LogP contribution in [0.4, 0.5) is 5.69 Å². The maximum absolute atomic E-state index is 12.9. The number of esters is 2. The number of carbonyl (C=O) groups excluding carboxylic acids is 4. The predicted molar refractivity (Wildman–Crippen MR) is 112 cm³/mol. The van der Waals surface area contributed by atoms with Crippen molar-refractivity contribution in [2.24, 2.45) is 0 Å². The van der Waals surface area contributed by atoms with E-state index in [2.05, 4.69) is 10.1 Å². The molecule has 9 heteroatoms. The highest BCUT2D eigenvalue weighted by atomic mass is 32.2. The Morgan fingerprint density at radius 3 is 2.61 bits per heavy atom. The number of anilines is 1. The van der Waals surface area contributed by atoms with Crippen LogP contribution in [0, 0.1) is 0 Å². The summed E-state index contributed by atoms with van der Waals surface area (Å²) in [6.07, 6.45) is 0.586. The van der Waals surface area contributed by atoms with Crippen molar-refractivity contribution in [2.75, 3.05) is 18.6 Å². The number of methoxy groups -OCH3 is 1. The third kappa shape index (κ3) is 3.88. The van der Waals surface area contributed by atoms with Crippen LogP contribution >= 0.6 is 11.8 Å². The van der Waals surface area contributed by atoms with Crippen molar-refractivity contribution in [3.05, 3.63) is 59.7 Å². The average molecular weight is 440 g/mol. The van der Waals surface area contributed by atoms with E-state index in [0.29, 0.717) is 17.7 Å². The van der Waals surface area contributed by atoms with Gasteiger partial charge in [0.05, 0.1) is 18.4 Å². The molecule has 1 saturated heterocycles. The van der Waals surface area contributed by atoms with E-state index in [4.69, 9.17) is 4.74 Å². The molecule has 2 aliphatic heterocycles. The van der Waals surface area contributed by atoms with Crippen LogP contribution in [0.5, 0.6) is 0 Å². The molecule has 0 aliphatic carbocycles. The van der Waals surface area contributed by atoms with Gasteiger partial charge in [-0.2, -0.15) is 0 Å². The maximum Gasteiger partial charge on any atom is 0.344 e. The maximum atomic E-state index is 12.9. The van der Waals surface area contributed by atoms with Crippen LogP contribution in [0.2, 0.25) is 0 Å². The minimum Gasteiger partial charge on any atom is -0.465 e. The van der Waals surface area contributed by atoms with Crippen molar-refractivity contribution in [2.45, 2.75) is 29.2 Å². The van der Waals surface area contributed by atoms with E-state index in [1.807, 2.05) is 18.2 Å². The molecule has 1 unspecified atom stereocenters. The summed E-state index contributed by atoms with van der Waals surface area (Å²) in [5.41, 5.74) is 1.89. The largest absolute Gasteiger partial charge is 0.465 e. The SMILES string of the molecule is COC(=O)c1ccc(CNC(=O)COC(=O)C23CCC(=O)N2c2ccccc2S3)cc1. The molecule has 2 amide bonds. The number of rotatable bonds is 6. The Bertz CT molecular complexity index is 1050. The summed E-state index contributed by atoms with van der Waals surface area (Å²) in [6.45, 7) is -0.229. The number of hydrogen-bond donors (Lipinski definition) is 1. The first kappa shape index (κ1) is 20.9. The molecule has 2 heterocycles. The lowest BCUT2D eigenvalue weighted by Gasteiger charge is -2.28. The summed E-state index contributed by atoms with van der Waals surface area (Å²) in [5.74, 6) is -1.63. The lowest BCUT2D eigenvalue weighted by Crippen LogP contribution is -2.48. The van der Waals surface area contributed by atoms with Gasteiger partial charge in [-0.3, -0.25) is 14.5 Å². The smallest absolute Gasteiger partial charge is 0.344 e. The number of nitrogens with one attached hydrogen (secondary N) is 1. The van der Waals surface area contributed by atoms with E-state index < -0.39 is 29.3 Å². The zero-order valence-electron chi connectivity index (χ0n) is 16.8. The van der Waals surface area contributed by atoms with Gasteiger partial charge < -0.3 is 14.8 Å². The summed E-state index contributed by atoms with van der Waals surface area (Å²) in [4.78, 5) is 50.1. The lowest BCUT2D eigenvalue weighted by molar-refractivity contribution is -0.151. The molecule has 2 aromatic carbocycles. The Labute approximate surface area is 182 Å². The van der Waals surface area contributed by atoms with Crippen molar-refractivity contribution >= 4 is 41.2 Å². The minimum absolute atomic E-state index is 0.130. The van der Waals surface area contributed by atoms with Crippen LogP contribution in [0.25, 0.3) is 0 Å². The molecule has 8 nitrogen and oxygen atoms in total. The first-order valence-corrected chi connectivity index (χ1v) is 10.5. The number of thioether (sulfide) groups is 1. The van der Waals surface area contributed by atoms with Crippen molar-refractivity contribution in [3.63, 3.8) is 0 Å². The molecule has 0 saturated carbocycles. The van der Waals surface area contributed by atoms with E-state index in [0.717, 1.165) is 10.5 Å². The highest BCUT2D eigenvalue weighted by Crippen LogP contribution is 2.56. The number of ether oxygens (including phenoxy) is 2. The lowest BCUT2D eigenvalue weighted by atomic mass is 10.1. The predicted octanol–water partition coefficient (Wildman–Crippen LogP) is 2.26. The highest BCUT2D eigenvalue weighted by molar-refractivity contribution is 8.02. The Kier molecular flexibility index (Phi) is 5.69. The van der Waals surface area contributed by atoms with Gasteiger partial charge in [-0.1, -0.05) is 36.0 Å². The molecule has 0 bridgehead atoms. The van der Waals surface area contributed by atoms with Crippen molar-refractivity contribution < 1.29 is 28.7 Å². The minimum atomic E-state index is -1.15. The van der Waals surface area contributed by atoms with Gasteiger partial charge in [0.15, 0.2) is 11.5 Å². The third-order valence-electron chi connectivity index (χ3n) is 5.19. The monoisotopic (exact) mass is 440 g/mol. The molecule has 1 N–H and O–H groups in total. The summed E-state index contributed by atoms with van der Waals surface area (Å²) in [7, 11) is 1.31. The Hall–Kier alpha value is -3.33. The average Bonchev–Trinajstić information content (AvgIpc) is 3.31. The van der Waals surface area contributed by atoms with E-state index in [-0.39, 0.29) is 18.9 Å². The van der Waals surface area contributed by atoms with Crippen LogP contribution in [-0.4, -0.2) is 42.3 Å². The third-order valence-corrected chi connectivity index (χ3v) is 6.65. The van der Waals surface area contributed by atoms with Crippen LogP contribution in [0.1, 0.15) is 28.8 Å². The van der Waals surface area contributed by atoms with Crippen LogP contribution in [0.15, 0.2) is 53.4 Å². The van der Waals surface area contributed by atoms with Gasteiger partial charge in [-0.15, -0.1) is 0 Å². The van der Waals surface area contributed by atoms with E-state index in [1.54, 1.807) is 30.3 Å². The van der Waals surface area contributed by atoms with Gasteiger partial charge in [-0.25, -0.2) is 9.59 Å². The standard InChI is InChI=1S/C22H20N2O6S/c1-29-20(27)15-8-6-14(7-9-15)12-23-18(25)13-30-21(28)22-11-10-19(26)24(22)16-4-2-3-5-17(16)31-22/h2-9H,10-13H2,1H3,(H,23,25). The molecule has 1 atom stereocenters. The van der Waals surface area contributed by atoms with Crippen molar-refractivity contribution in [1.82, 2.24) is 5.32 Å². The fourth-order valence-electron chi connectivity index (χ4n) is 3.64. The Morgan fingerprint density at radius 2 is 1.87 bits per heavy atom. The summed E-state index contributed by atoms with van der Waals surface area (Å²) < 4.78 is 9.94. The quantitative estimate of drug-likeness (QED) is 0.688. The fourth-order valence-corrected chi connectivity index (χ4v) is 5.06. The number of amides is 2. The Morgan fingerprint density at radius 1 is 1.13 bits per heavy atom. The highest BCUT2D eigenvalue weighted by Gasteiger charge is 2.58. The van der Waals surface area contributed by atoms with Crippen LogP contribution < -0.4 is 10.2 Å². The van der Waals surface area contributed by atoms with Gasteiger partial charge in [-0.05, 0) is 29.8 Å². The van der Waals surface area contributed by atoms with Crippen LogP contribution in [-0.2, 0) is 30.4 Å². The Balaban J connectivity index is 1.33. The molecule has 0 spiro atoms. The fraction of sp³-hybridized carbons (Fsp3) is 0.273. The summed E-state index contributed by atoms with van der Waals surface area (Å²) >= 11 is 1.29. The van der Waals surface area contributed by atoms with E-state index in [1.165, 1.54) is 23.8 Å². The molecule has 160 valence electrons. The van der Waals surface area contributed by atoms with Gasteiger partial charge in [0, 0.05) is 24.3 Å². The van der Waals surface area contributed by atoms with Gasteiger partial charge >= 0.3 is 11.9 Å². The molecule has 2 aliphatic rings. The number of fused-ring (bicyclic) bond motifs is 3. The van der Waals surface area contributed by atoms with Crippen molar-refractivity contribution in [1.29, 1.82) is 0 Å². The van der Waals surface area contributed by atoms with Gasteiger partial charge in [0.2, 0.25) is 5.91 Å². The molecule has 4 rings (SSSR count). The topological polar surface area (TPSA) is 102 Å². The molecule has 0 radical (unpaired) electrons. The first-order valence-electron chi connectivity index (χ1n) is 9.67. The number of para-hydroxylation sites is 1. The second-order valence-electron chi connectivity index (χ2n) is 7.12. The summed E-state index contributed by atoms with van der Waals surface area (Å²) in [6, 6.07) is 13.9. The van der Waals surface area contributed by atoms with Gasteiger partial charge in [0.25, 0.3) is 5.91 Å². The summed E-state index contributed by atoms with van der Waals surface area (Å²) in [5, 5.41) is 2.67. The van der Waals surface area contributed by atoms with E-state index >= 15 is 0 Å². The second-order valence-corrected chi connectivity index (χ2v) is 8.44. The first-order chi connectivity index (χ1) is 14.9. The molecule has 2 aromatic rings. The number of nitrogens with zero attached hydrogens (tertiary/aromatic N) is 1. The van der Waals surface area contributed by atoms with Gasteiger partial charge in [0.1, 0.15) is 0 Å². The molecular weight excluding hydrogens is 420 g/mol.